The Morgan fingerprint density at radius 3 is 2.71 bits per heavy atom. The molecule has 4 rings (SSSR count). The van der Waals surface area contributed by atoms with E-state index >= 15 is 0 Å². The number of nitrogens with zero attached hydrogens (tertiary/aromatic N) is 5. The van der Waals surface area contributed by atoms with Gasteiger partial charge in [-0.15, -0.1) is 0 Å². The van der Waals surface area contributed by atoms with Gasteiger partial charge in [0.25, 0.3) is 11.8 Å². The van der Waals surface area contributed by atoms with Gasteiger partial charge in [0.2, 0.25) is 0 Å². The number of amides is 2. The van der Waals surface area contributed by atoms with E-state index in [1.165, 1.54) is 12.5 Å². The van der Waals surface area contributed by atoms with Crippen LogP contribution in [0, 0.1) is 0 Å². The summed E-state index contributed by atoms with van der Waals surface area (Å²) in [5.41, 5.74) is 7.13. The van der Waals surface area contributed by atoms with Crippen LogP contribution in [0.2, 0.25) is 0 Å². The minimum absolute atomic E-state index is 0.0307. The van der Waals surface area contributed by atoms with Crippen molar-refractivity contribution in [1.82, 2.24) is 30.0 Å². The highest BCUT2D eigenvalue weighted by atomic mass is 16.2. The van der Waals surface area contributed by atoms with E-state index in [9.17, 15) is 9.59 Å². The van der Waals surface area contributed by atoms with Crippen molar-refractivity contribution in [3.05, 3.63) is 60.1 Å². The highest BCUT2D eigenvalue weighted by Gasteiger charge is 2.26. The van der Waals surface area contributed by atoms with Gasteiger partial charge < -0.3 is 10.6 Å². The molecule has 1 aromatic carbocycles. The summed E-state index contributed by atoms with van der Waals surface area (Å²) >= 11 is 0. The normalized spacial score (nSPS) is 14.8. The van der Waals surface area contributed by atoms with Crippen molar-refractivity contribution >= 4 is 11.8 Å². The number of nitrogens with one attached hydrogen (secondary N) is 1. The molecule has 1 fully saturated rings. The highest BCUT2D eigenvalue weighted by molar-refractivity contribution is 5.95. The van der Waals surface area contributed by atoms with Gasteiger partial charge in [-0.2, -0.15) is 5.10 Å². The number of piperidine rings is 1. The molecule has 0 unspecified atom stereocenters. The lowest BCUT2D eigenvalue weighted by atomic mass is 9.95. The van der Waals surface area contributed by atoms with E-state index in [1.807, 2.05) is 11.0 Å². The van der Waals surface area contributed by atoms with Gasteiger partial charge in [-0.05, 0) is 25.0 Å². The van der Waals surface area contributed by atoms with Crippen LogP contribution in [-0.2, 0) is 0 Å². The number of hydrogen-bond acceptors (Lipinski definition) is 6. The molecule has 28 heavy (non-hydrogen) atoms. The van der Waals surface area contributed by atoms with Crippen LogP contribution in [0.1, 0.15) is 45.4 Å². The Kier molecular flexibility index (Phi) is 4.79. The minimum Gasteiger partial charge on any atom is -0.364 e. The van der Waals surface area contributed by atoms with Gasteiger partial charge in [0, 0.05) is 30.1 Å². The molecule has 0 atom stereocenters. The summed E-state index contributed by atoms with van der Waals surface area (Å²) in [4.78, 5) is 38.5. The third kappa shape index (κ3) is 3.59. The predicted octanol–water partition coefficient (Wildman–Crippen LogP) is 1.38. The van der Waals surface area contributed by atoms with Crippen molar-refractivity contribution in [3.8, 4) is 11.3 Å². The van der Waals surface area contributed by atoms with E-state index in [4.69, 9.17) is 5.73 Å². The predicted molar refractivity (Wildman–Crippen MR) is 100 cm³/mol. The molecule has 0 bridgehead atoms. The lowest BCUT2D eigenvalue weighted by Crippen LogP contribution is -2.38. The Hall–Kier alpha value is -3.62. The second-order valence-corrected chi connectivity index (χ2v) is 6.67. The molecule has 2 amide bonds. The van der Waals surface area contributed by atoms with Gasteiger partial charge >= 0.3 is 0 Å². The monoisotopic (exact) mass is 377 g/mol. The number of aromatic amines is 1. The fourth-order valence-electron chi connectivity index (χ4n) is 3.39. The number of hydrogen-bond donors (Lipinski definition) is 2. The molecule has 3 heterocycles. The zero-order chi connectivity index (χ0) is 19.5. The first-order valence-corrected chi connectivity index (χ1v) is 8.98. The average molecular weight is 377 g/mol. The molecular weight excluding hydrogens is 358 g/mol. The highest BCUT2D eigenvalue weighted by Crippen LogP contribution is 2.26. The largest absolute Gasteiger partial charge is 0.364 e. The second-order valence-electron chi connectivity index (χ2n) is 6.67. The molecule has 2 aromatic heterocycles. The topological polar surface area (TPSA) is 131 Å². The van der Waals surface area contributed by atoms with Crippen LogP contribution < -0.4 is 5.73 Å². The molecule has 1 aliphatic heterocycles. The molecule has 0 spiro atoms. The van der Waals surface area contributed by atoms with E-state index < -0.39 is 5.91 Å². The van der Waals surface area contributed by atoms with Gasteiger partial charge in [0.05, 0.1) is 18.1 Å². The first kappa shape index (κ1) is 17.8. The SMILES string of the molecule is NC(=O)c1cncc(-c2cccc(C(=O)N3CCC(c4ncn[nH]4)CC3)c2)n1. The number of likely N-dealkylation sites (tertiary alicyclic amines) is 1. The number of H-pyrrole nitrogens is 1. The van der Waals surface area contributed by atoms with Crippen LogP contribution >= 0.6 is 0 Å². The zero-order valence-corrected chi connectivity index (χ0v) is 15.1. The van der Waals surface area contributed by atoms with Crippen molar-refractivity contribution in [3.63, 3.8) is 0 Å². The lowest BCUT2D eigenvalue weighted by Gasteiger charge is -2.31. The molecule has 3 N–H and O–H groups in total. The third-order valence-corrected chi connectivity index (χ3v) is 4.89. The standard InChI is InChI=1S/C19H19N7O2/c20-17(27)16-10-21-9-15(24-16)13-2-1-3-14(8-13)19(28)26-6-4-12(5-7-26)18-22-11-23-25-18/h1-3,8-12H,4-7H2,(H2,20,27)(H,22,23,25). The van der Waals surface area contributed by atoms with Crippen LogP contribution in [0.25, 0.3) is 11.3 Å². The van der Waals surface area contributed by atoms with Crippen LogP contribution in [-0.4, -0.2) is 55.0 Å². The molecule has 3 aromatic rings. The van der Waals surface area contributed by atoms with Crippen LogP contribution in [0.5, 0.6) is 0 Å². The van der Waals surface area contributed by atoms with E-state index in [0.29, 0.717) is 35.8 Å². The molecule has 1 saturated heterocycles. The molecule has 1 aliphatic rings. The summed E-state index contributed by atoms with van der Waals surface area (Å²) in [5, 5.41) is 6.81. The fourth-order valence-corrected chi connectivity index (χ4v) is 3.39. The van der Waals surface area contributed by atoms with Crippen LogP contribution in [0.3, 0.4) is 0 Å². The molecule has 9 heteroatoms. The molecule has 142 valence electrons. The summed E-state index contributed by atoms with van der Waals surface area (Å²) in [6, 6.07) is 7.16. The molecule has 9 nitrogen and oxygen atoms in total. The van der Waals surface area contributed by atoms with Gasteiger partial charge in [0.15, 0.2) is 0 Å². The van der Waals surface area contributed by atoms with E-state index in [-0.39, 0.29) is 11.6 Å². The van der Waals surface area contributed by atoms with Crippen LogP contribution in [0.4, 0.5) is 0 Å². The van der Waals surface area contributed by atoms with Crippen molar-refractivity contribution in [2.75, 3.05) is 13.1 Å². The fraction of sp³-hybridized carbons (Fsp3) is 0.263. The van der Waals surface area contributed by atoms with E-state index in [0.717, 1.165) is 18.7 Å². The first-order valence-electron chi connectivity index (χ1n) is 8.98. The molecule has 0 saturated carbocycles. The maximum atomic E-state index is 12.9. The Labute approximate surface area is 161 Å². The van der Waals surface area contributed by atoms with Crippen molar-refractivity contribution in [2.24, 2.45) is 5.73 Å². The van der Waals surface area contributed by atoms with Crippen LogP contribution in [0.15, 0.2) is 43.0 Å². The summed E-state index contributed by atoms with van der Waals surface area (Å²) < 4.78 is 0. The molecular formula is C19H19N7O2. The summed E-state index contributed by atoms with van der Waals surface area (Å²) in [5.74, 6) is 0.500. The quantitative estimate of drug-likeness (QED) is 0.706. The van der Waals surface area contributed by atoms with Crippen molar-refractivity contribution in [2.45, 2.75) is 18.8 Å². The number of carbonyl (C=O) groups is 2. The smallest absolute Gasteiger partial charge is 0.268 e. The van der Waals surface area contributed by atoms with Gasteiger partial charge in [-0.3, -0.25) is 19.7 Å². The Balaban J connectivity index is 1.49. The number of primary amides is 1. The van der Waals surface area contributed by atoms with E-state index in [2.05, 4.69) is 25.1 Å². The maximum Gasteiger partial charge on any atom is 0.268 e. The van der Waals surface area contributed by atoms with Gasteiger partial charge in [0.1, 0.15) is 17.8 Å². The van der Waals surface area contributed by atoms with Gasteiger partial charge in [-0.1, -0.05) is 12.1 Å². The number of aromatic nitrogens is 5. The second kappa shape index (κ2) is 7.55. The van der Waals surface area contributed by atoms with Crippen molar-refractivity contribution < 1.29 is 9.59 Å². The summed E-state index contributed by atoms with van der Waals surface area (Å²) in [6.07, 6.45) is 6.05. The zero-order valence-electron chi connectivity index (χ0n) is 15.1. The molecule has 0 radical (unpaired) electrons. The summed E-state index contributed by atoms with van der Waals surface area (Å²) in [7, 11) is 0. The Morgan fingerprint density at radius 2 is 2.00 bits per heavy atom. The van der Waals surface area contributed by atoms with Crippen molar-refractivity contribution in [1.29, 1.82) is 0 Å². The van der Waals surface area contributed by atoms with E-state index in [1.54, 1.807) is 24.4 Å². The number of nitrogens with two attached hydrogens (primary N) is 1. The molecule has 0 aliphatic carbocycles. The average Bonchev–Trinajstić information content (AvgIpc) is 3.28. The Bertz CT molecular complexity index is 995. The lowest BCUT2D eigenvalue weighted by molar-refractivity contribution is 0.0711. The summed E-state index contributed by atoms with van der Waals surface area (Å²) in [6.45, 7) is 1.32. The minimum atomic E-state index is -0.642. The Morgan fingerprint density at radius 1 is 1.18 bits per heavy atom. The number of benzene rings is 1. The third-order valence-electron chi connectivity index (χ3n) is 4.89. The van der Waals surface area contributed by atoms with Gasteiger partial charge in [-0.25, -0.2) is 9.97 Å². The maximum absolute atomic E-state index is 12.9. The first-order chi connectivity index (χ1) is 13.6. The number of rotatable bonds is 4. The number of carbonyl (C=O) groups excluding carboxylic acids is 2.